The summed E-state index contributed by atoms with van der Waals surface area (Å²) in [5, 5.41) is 0. The molecule has 2 rings (SSSR count). The number of hydrogen-bond donors (Lipinski definition) is 1. The van der Waals surface area contributed by atoms with E-state index >= 15 is 0 Å². The number of nitrogens with two attached hydrogens (primary N) is 1. The van der Waals surface area contributed by atoms with E-state index in [0.29, 0.717) is 6.42 Å². The molecule has 0 aliphatic rings. The number of anilines is 1. The third-order valence-corrected chi connectivity index (χ3v) is 3.92. The van der Waals surface area contributed by atoms with Gasteiger partial charge in [-0.25, -0.2) is 0 Å². The Morgan fingerprint density at radius 2 is 1.52 bits per heavy atom. The van der Waals surface area contributed by atoms with Gasteiger partial charge in [-0.3, -0.25) is 4.79 Å². The van der Waals surface area contributed by atoms with Crippen LogP contribution < -0.4 is 15.4 Å². The van der Waals surface area contributed by atoms with Crippen LogP contribution in [0.25, 0.3) is 0 Å². The Morgan fingerprint density at radius 3 is 2.16 bits per heavy atom. The molecule has 0 unspecified atom stereocenters. The van der Waals surface area contributed by atoms with Crippen LogP contribution in [0.2, 0.25) is 0 Å². The zero-order valence-electron chi connectivity index (χ0n) is 14.7. The summed E-state index contributed by atoms with van der Waals surface area (Å²) >= 11 is 0. The molecule has 5 heteroatoms. The minimum atomic E-state index is 0. The van der Waals surface area contributed by atoms with E-state index in [1.807, 2.05) is 61.6 Å². The van der Waals surface area contributed by atoms with Crippen molar-refractivity contribution in [3.63, 3.8) is 0 Å². The van der Waals surface area contributed by atoms with Crippen molar-refractivity contribution in [3.8, 4) is 11.5 Å². The average Bonchev–Trinajstić information content (AvgIpc) is 2.62. The Morgan fingerprint density at radius 1 is 0.920 bits per heavy atom. The summed E-state index contributed by atoms with van der Waals surface area (Å²) in [6.45, 7) is 0.727. The molecule has 0 saturated heterocycles. The van der Waals surface area contributed by atoms with E-state index in [0.717, 1.165) is 49.4 Å². The van der Waals surface area contributed by atoms with Crippen LogP contribution in [-0.4, -0.2) is 19.5 Å². The second kappa shape index (κ2) is 11.5. The summed E-state index contributed by atoms with van der Waals surface area (Å²) < 4.78 is 5.76. The second-order valence-corrected chi connectivity index (χ2v) is 5.81. The van der Waals surface area contributed by atoms with Gasteiger partial charge < -0.3 is 15.4 Å². The van der Waals surface area contributed by atoms with Gasteiger partial charge in [0.05, 0.1) is 0 Å². The second-order valence-electron chi connectivity index (χ2n) is 5.81. The van der Waals surface area contributed by atoms with Gasteiger partial charge in [0.2, 0.25) is 5.91 Å². The van der Waals surface area contributed by atoms with Gasteiger partial charge in [0, 0.05) is 19.2 Å². The Kier molecular flexibility index (Phi) is 9.66. The summed E-state index contributed by atoms with van der Waals surface area (Å²) in [4.78, 5) is 13.9. The molecule has 0 heterocycles. The van der Waals surface area contributed by atoms with E-state index in [-0.39, 0.29) is 18.3 Å². The Bertz CT molecular complexity index is 617. The van der Waals surface area contributed by atoms with E-state index < -0.39 is 0 Å². The zero-order valence-corrected chi connectivity index (χ0v) is 15.5. The van der Waals surface area contributed by atoms with Crippen LogP contribution >= 0.6 is 12.4 Å². The van der Waals surface area contributed by atoms with E-state index in [4.69, 9.17) is 10.5 Å². The van der Waals surface area contributed by atoms with Crippen LogP contribution in [0, 0.1) is 0 Å². The minimum Gasteiger partial charge on any atom is -0.457 e. The number of nitrogens with zero attached hydrogens (tertiary/aromatic N) is 1. The summed E-state index contributed by atoms with van der Waals surface area (Å²) in [5.41, 5.74) is 6.35. The molecule has 2 N–H and O–H groups in total. The molecule has 0 saturated carbocycles. The third-order valence-electron chi connectivity index (χ3n) is 3.92. The predicted molar refractivity (Wildman–Crippen MR) is 106 cm³/mol. The van der Waals surface area contributed by atoms with Crippen molar-refractivity contribution in [2.45, 2.75) is 32.1 Å². The predicted octanol–water partition coefficient (Wildman–Crippen LogP) is 4.77. The molecule has 0 aliphatic carbocycles. The van der Waals surface area contributed by atoms with Crippen molar-refractivity contribution in [3.05, 3.63) is 54.6 Å². The highest BCUT2D eigenvalue weighted by Gasteiger charge is 2.10. The van der Waals surface area contributed by atoms with E-state index in [1.54, 1.807) is 4.90 Å². The number of para-hydroxylation sites is 1. The summed E-state index contributed by atoms with van der Waals surface area (Å²) in [5.74, 6) is 1.69. The lowest BCUT2D eigenvalue weighted by atomic mass is 10.1. The molecule has 136 valence electrons. The van der Waals surface area contributed by atoms with Crippen LogP contribution in [-0.2, 0) is 4.79 Å². The fraction of sp³-hybridized carbons (Fsp3) is 0.350. The van der Waals surface area contributed by atoms with Gasteiger partial charge in [-0.1, -0.05) is 31.0 Å². The van der Waals surface area contributed by atoms with E-state index in [1.165, 1.54) is 0 Å². The number of hydrogen-bond acceptors (Lipinski definition) is 3. The fourth-order valence-electron chi connectivity index (χ4n) is 2.45. The van der Waals surface area contributed by atoms with Gasteiger partial charge in [-0.2, -0.15) is 0 Å². The lowest BCUT2D eigenvalue weighted by molar-refractivity contribution is -0.118. The van der Waals surface area contributed by atoms with Crippen molar-refractivity contribution < 1.29 is 9.53 Å². The van der Waals surface area contributed by atoms with Crippen molar-refractivity contribution in [1.29, 1.82) is 0 Å². The van der Waals surface area contributed by atoms with Crippen LogP contribution in [0.3, 0.4) is 0 Å². The molecular weight excluding hydrogens is 336 g/mol. The summed E-state index contributed by atoms with van der Waals surface area (Å²) in [6.07, 6.45) is 4.67. The molecule has 0 spiro atoms. The molecular formula is C20H27ClN2O2. The number of benzene rings is 2. The van der Waals surface area contributed by atoms with Gasteiger partial charge in [-0.05, 0) is 55.8 Å². The Balaban J connectivity index is 0.00000312. The molecule has 2 aromatic rings. The molecule has 1 amide bonds. The number of ether oxygens (including phenoxy) is 1. The number of amides is 1. The molecule has 0 aromatic heterocycles. The SMILES string of the molecule is CN(C(=O)CCCCCCN)c1ccc(Oc2ccccc2)cc1.Cl. The quantitative estimate of drug-likeness (QED) is 0.653. The number of unbranched alkanes of at least 4 members (excludes halogenated alkanes) is 3. The topological polar surface area (TPSA) is 55.6 Å². The Hall–Kier alpha value is -2.04. The summed E-state index contributed by atoms with van der Waals surface area (Å²) in [6, 6.07) is 17.2. The third kappa shape index (κ3) is 7.16. The first-order valence-corrected chi connectivity index (χ1v) is 8.50. The van der Waals surface area contributed by atoms with Gasteiger partial charge in [-0.15, -0.1) is 12.4 Å². The maximum absolute atomic E-state index is 12.2. The highest BCUT2D eigenvalue weighted by Crippen LogP contribution is 2.24. The first-order chi connectivity index (χ1) is 11.7. The largest absolute Gasteiger partial charge is 0.457 e. The van der Waals surface area contributed by atoms with Crippen molar-refractivity contribution in [1.82, 2.24) is 0 Å². The van der Waals surface area contributed by atoms with Crippen LogP contribution in [0.1, 0.15) is 32.1 Å². The van der Waals surface area contributed by atoms with Crippen LogP contribution in [0.5, 0.6) is 11.5 Å². The van der Waals surface area contributed by atoms with Gasteiger partial charge in [0.15, 0.2) is 0 Å². The molecule has 2 aromatic carbocycles. The summed E-state index contributed by atoms with van der Waals surface area (Å²) in [7, 11) is 1.81. The average molecular weight is 363 g/mol. The number of rotatable bonds is 9. The molecule has 4 nitrogen and oxygen atoms in total. The normalized spacial score (nSPS) is 10.0. The molecule has 0 radical (unpaired) electrons. The molecule has 25 heavy (non-hydrogen) atoms. The first kappa shape index (κ1) is 21.0. The maximum Gasteiger partial charge on any atom is 0.226 e. The lowest BCUT2D eigenvalue weighted by Crippen LogP contribution is -2.25. The maximum atomic E-state index is 12.2. The van der Waals surface area contributed by atoms with Crippen LogP contribution in [0.15, 0.2) is 54.6 Å². The highest BCUT2D eigenvalue weighted by atomic mass is 35.5. The molecule has 0 atom stereocenters. The number of carbonyl (C=O) groups excluding carboxylic acids is 1. The van der Waals surface area contributed by atoms with Crippen LogP contribution in [0.4, 0.5) is 5.69 Å². The van der Waals surface area contributed by atoms with Crippen molar-refractivity contribution in [2.24, 2.45) is 5.73 Å². The molecule has 0 bridgehead atoms. The smallest absolute Gasteiger partial charge is 0.226 e. The van der Waals surface area contributed by atoms with Gasteiger partial charge in [0.1, 0.15) is 11.5 Å². The molecule has 0 aliphatic heterocycles. The number of halogens is 1. The van der Waals surface area contributed by atoms with Crippen molar-refractivity contribution in [2.75, 3.05) is 18.5 Å². The minimum absolute atomic E-state index is 0. The lowest BCUT2D eigenvalue weighted by Gasteiger charge is -2.18. The number of carbonyl (C=O) groups is 1. The van der Waals surface area contributed by atoms with Gasteiger partial charge in [0.25, 0.3) is 0 Å². The fourth-order valence-corrected chi connectivity index (χ4v) is 2.45. The highest BCUT2D eigenvalue weighted by molar-refractivity contribution is 5.92. The zero-order chi connectivity index (χ0) is 17.2. The van der Waals surface area contributed by atoms with E-state index in [2.05, 4.69) is 0 Å². The Labute approximate surface area is 156 Å². The standard InChI is InChI=1S/C20H26N2O2.ClH/c1-22(20(23)11-7-2-3-8-16-21)17-12-14-19(15-13-17)24-18-9-5-4-6-10-18;/h4-6,9-10,12-15H,2-3,7-8,11,16,21H2,1H3;1H. The van der Waals surface area contributed by atoms with Crippen molar-refractivity contribution >= 4 is 24.0 Å². The monoisotopic (exact) mass is 362 g/mol. The first-order valence-electron chi connectivity index (χ1n) is 8.50. The van der Waals surface area contributed by atoms with E-state index in [9.17, 15) is 4.79 Å². The molecule has 0 fully saturated rings. The van der Waals surface area contributed by atoms with Gasteiger partial charge >= 0.3 is 0 Å².